The van der Waals surface area contributed by atoms with Gasteiger partial charge in [0.2, 0.25) is 29.5 Å². The number of rotatable bonds is 55. The summed E-state index contributed by atoms with van der Waals surface area (Å²) in [7, 11) is 0. The summed E-state index contributed by atoms with van der Waals surface area (Å²) in [5.41, 5.74) is 0. The van der Waals surface area contributed by atoms with Crippen LogP contribution < -0.4 is 26.6 Å². The number of hydrogen-bond acceptors (Lipinski definition) is 20. The Morgan fingerprint density at radius 2 is 0.571 bits per heavy atom. The Morgan fingerprint density at radius 3 is 0.857 bits per heavy atom. The molecule has 0 bridgehead atoms. The zero-order chi connectivity index (χ0) is 57.3. The first kappa shape index (κ1) is 71.2. The van der Waals surface area contributed by atoms with E-state index in [1.165, 1.54) is 6.92 Å². The maximum Gasteiger partial charge on any atom is 0.303 e. The molecule has 0 atom stereocenters. The molecule has 0 rings (SSSR count). The van der Waals surface area contributed by atoms with Crippen LogP contribution in [0, 0.1) is 0 Å². The van der Waals surface area contributed by atoms with Crippen LogP contribution in [0.1, 0.15) is 71.1 Å². The molecule has 9 N–H and O–H groups in total. The van der Waals surface area contributed by atoms with Gasteiger partial charge in [-0.1, -0.05) is 0 Å². The van der Waals surface area contributed by atoms with Crippen molar-refractivity contribution in [2.45, 2.75) is 71.1 Å². The number of hydrogen-bond donors (Lipinski definition) is 9. The molecule has 442 valence electrons. The number of nitrogens with zero attached hydrogens (tertiary/aromatic N) is 3. The van der Waals surface area contributed by atoms with Gasteiger partial charge in [-0.3, -0.25) is 67.4 Å². The van der Waals surface area contributed by atoms with Crippen LogP contribution in [0.15, 0.2) is 0 Å². The van der Waals surface area contributed by atoms with E-state index in [2.05, 4.69) is 26.6 Å². The SMILES string of the molecule is CC(=O)CN(CCOCCCC(=O)CN(CCOCCNC(=O)CCC(=O)O)CCOCCNC(=O)CCC(=O)O)CCOCCNC(=O)CN(CCOCCNC(=O)CCC(=O)O)CCOCCNC(=O)CCC(=O)O. The van der Waals surface area contributed by atoms with E-state index in [9.17, 15) is 52.7 Å². The minimum absolute atomic E-state index is 0.00835. The van der Waals surface area contributed by atoms with Gasteiger partial charge in [-0.25, -0.2) is 0 Å². The molecular formula is C48H84N8O21. The van der Waals surface area contributed by atoms with Crippen molar-refractivity contribution in [1.29, 1.82) is 0 Å². The number of carbonyl (C=O) groups excluding carboxylic acids is 7. The number of ketones is 2. The first-order valence-corrected chi connectivity index (χ1v) is 25.7. The molecule has 0 heterocycles. The van der Waals surface area contributed by atoms with Crippen LogP contribution in [0.3, 0.4) is 0 Å². The third kappa shape index (κ3) is 50.8. The van der Waals surface area contributed by atoms with Gasteiger partial charge in [0.1, 0.15) is 11.6 Å². The molecule has 0 aliphatic carbocycles. The monoisotopic (exact) mass is 1110 g/mol. The van der Waals surface area contributed by atoms with Crippen molar-refractivity contribution in [3.8, 4) is 0 Å². The molecular weight excluding hydrogens is 1020 g/mol. The van der Waals surface area contributed by atoms with Crippen molar-refractivity contribution in [3.63, 3.8) is 0 Å². The Bertz CT molecular complexity index is 1550. The maximum atomic E-state index is 13.0. The molecule has 0 aromatic heterocycles. The highest BCUT2D eigenvalue weighted by atomic mass is 16.5. The first-order valence-electron chi connectivity index (χ1n) is 25.7. The number of ether oxygens (including phenoxy) is 6. The van der Waals surface area contributed by atoms with Gasteiger partial charge < -0.3 is 75.4 Å². The molecule has 0 aliphatic heterocycles. The highest BCUT2D eigenvalue weighted by molar-refractivity contribution is 5.82. The van der Waals surface area contributed by atoms with E-state index in [1.807, 2.05) is 9.80 Å². The topological polar surface area (TPSA) is 394 Å². The zero-order valence-electron chi connectivity index (χ0n) is 44.5. The summed E-state index contributed by atoms with van der Waals surface area (Å²) in [6, 6.07) is 0. The number of carbonyl (C=O) groups is 11. The molecule has 0 aromatic rings. The number of aliphatic carboxylic acids is 4. The van der Waals surface area contributed by atoms with Gasteiger partial charge in [0, 0.05) is 111 Å². The van der Waals surface area contributed by atoms with Crippen molar-refractivity contribution in [3.05, 3.63) is 0 Å². The number of amides is 5. The predicted octanol–water partition coefficient (Wildman–Crippen LogP) is -3.03. The molecule has 29 nitrogen and oxygen atoms in total. The van der Waals surface area contributed by atoms with E-state index in [1.54, 1.807) is 4.90 Å². The highest BCUT2D eigenvalue weighted by Gasteiger charge is 2.15. The van der Waals surface area contributed by atoms with Crippen molar-refractivity contribution in [2.24, 2.45) is 0 Å². The summed E-state index contributed by atoms with van der Waals surface area (Å²) in [5.74, 6) is -6.32. The Hall–Kier alpha value is -5.79. The van der Waals surface area contributed by atoms with Gasteiger partial charge in [0.15, 0.2) is 0 Å². The second-order valence-electron chi connectivity index (χ2n) is 17.2. The smallest absolute Gasteiger partial charge is 0.303 e. The third-order valence-corrected chi connectivity index (χ3v) is 10.4. The lowest BCUT2D eigenvalue weighted by molar-refractivity contribution is -0.139. The summed E-state index contributed by atoms with van der Waals surface area (Å²) in [4.78, 5) is 133. The van der Waals surface area contributed by atoms with Gasteiger partial charge in [-0.2, -0.15) is 0 Å². The van der Waals surface area contributed by atoms with Crippen LogP contribution in [-0.4, -0.2) is 271 Å². The molecule has 0 saturated heterocycles. The summed E-state index contributed by atoms with van der Waals surface area (Å²) < 4.78 is 33.9. The molecule has 0 spiro atoms. The number of carboxylic acids is 4. The van der Waals surface area contributed by atoms with Crippen molar-refractivity contribution < 1.29 is 102 Å². The third-order valence-electron chi connectivity index (χ3n) is 10.4. The fraction of sp³-hybridized carbons (Fsp3) is 0.771. The van der Waals surface area contributed by atoms with Gasteiger partial charge in [-0.15, -0.1) is 0 Å². The average molecular weight is 1110 g/mol. The van der Waals surface area contributed by atoms with Crippen LogP contribution in [0.5, 0.6) is 0 Å². The van der Waals surface area contributed by atoms with E-state index in [4.69, 9.17) is 48.8 Å². The van der Waals surface area contributed by atoms with Crippen LogP contribution >= 0.6 is 0 Å². The molecule has 5 amide bonds. The van der Waals surface area contributed by atoms with Gasteiger partial charge in [0.25, 0.3) is 0 Å². The Balaban J connectivity index is 4.78. The molecule has 0 fully saturated rings. The van der Waals surface area contributed by atoms with E-state index in [0.29, 0.717) is 58.9 Å². The van der Waals surface area contributed by atoms with Crippen LogP contribution in [-0.2, 0) is 81.2 Å². The number of nitrogens with one attached hydrogen (secondary N) is 5. The molecule has 0 aromatic carbocycles. The largest absolute Gasteiger partial charge is 0.481 e. The molecule has 77 heavy (non-hydrogen) atoms. The maximum absolute atomic E-state index is 13.0. The summed E-state index contributed by atoms with van der Waals surface area (Å²) >= 11 is 0. The van der Waals surface area contributed by atoms with E-state index < -0.39 is 47.5 Å². The average Bonchev–Trinajstić information content (AvgIpc) is 3.36. The van der Waals surface area contributed by atoms with E-state index in [-0.39, 0.29) is 194 Å². The summed E-state index contributed by atoms with van der Waals surface area (Å²) in [5, 5.41) is 48.0. The first-order chi connectivity index (χ1) is 36.9. The number of carboxylic acid groups (broad SMARTS) is 4. The summed E-state index contributed by atoms with van der Waals surface area (Å²) in [6.07, 6.45) is -1.02. The van der Waals surface area contributed by atoms with Crippen molar-refractivity contribution in [2.75, 3.05) is 171 Å². The lowest BCUT2D eigenvalue weighted by atomic mass is 10.2. The minimum Gasteiger partial charge on any atom is -0.481 e. The molecule has 0 aliphatic rings. The van der Waals surface area contributed by atoms with E-state index >= 15 is 0 Å². The van der Waals surface area contributed by atoms with E-state index in [0.717, 1.165) is 0 Å². The van der Waals surface area contributed by atoms with Gasteiger partial charge in [-0.05, 0) is 13.3 Å². The van der Waals surface area contributed by atoms with Gasteiger partial charge >= 0.3 is 23.9 Å². The Labute approximate surface area is 449 Å². The second kappa shape index (κ2) is 48.6. The quantitative estimate of drug-likeness (QED) is 0.0274. The Morgan fingerprint density at radius 1 is 0.312 bits per heavy atom. The molecule has 0 saturated carbocycles. The molecule has 0 radical (unpaired) electrons. The molecule has 29 heteroatoms. The lowest BCUT2D eigenvalue weighted by Gasteiger charge is -2.22. The minimum atomic E-state index is -1.08. The van der Waals surface area contributed by atoms with Crippen LogP contribution in [0.4, 0.5) is 0 Å². The van der Waals surface area contributed by atoms with Crippen LogP contribution in [0.2, 0.25) is 0 Å². The number of Topliss-reactive ketones (excluding diaryl/α,β-unsaturated/α-hetero) is 2. The van der Waals surface area contributed by atoms with Crippen molar-refractivity contribution in [1.82, 2.24) is 41.3 Å². The Kier molecular flexibility index (Phi) is 44.9. The fourth-order valence-corrected chi connectivity index (χ4v) is 6.41. The van der Waals surface area contributed by atoms with Crippen LogP contribution in [0.25, 0.3) is 0 Å². The standard InChI is InChI=1S/C48H84N8O21/c1-38(57)35-54(17-29-72-23-2-3-39(58)36-55(19-31-73-24-12-49-40(59)4-8-45(64)65)20-32-74-25-13-50-41(60)5-9-46(66)67)18-30-77-28-16-53-44(63)37-56(21-33-75-26-14-51-42(61)6-10-47(68)69)22-34-76-27-15-52-43(62)7-11-48(70)71/h2-37H2,1H3,(H,49,59)(H,50,60)(H,51,61)(H,52,62)(H,53,63)(H,64,65)(H,66,67)(H,68,69)(H,70,71). The predicted molar refractivity (Wildman–Crippen MR) is 272 cm³/mol. The van der Waals surface area contributed by atoms with Crippen molar-refractivity contribution >= 4 is 65.0 Å². The zero-order valence-corrected chi connectivity index (χ0v) is 44.5. The fourth-order valence-electron chi connectivity index (χ4n) is 6.41. The normalized spacial score (nSPS) is 11.1. The summed E-state index contributed by atoms with van der Waals surface area (Å²) in [6.45, 7) is 7.48. The van der Waals surface area contributed by atoms with Gasteiger partial charge in [0.05, 0.1) is 118 Å². The lowest BCUT2D eigenvalue weighted by Crippen LogP contribution is -2.41. The highest BCUT2D eigenvalue weighted by Crippen LogP contribution is 2.00. The second-order valence-corrected chi connectivity index (χ2v) is 17.2. The molecule has 0 unspecified atom stereocenters.